The summed E-state index contributed by atoms with van der Waals surface area (Å²) in [7, 11) is 0. The minimum absolute atomic E-state index is 0.205. The molecule has 2 aromatic carbocycles. The third-order valence-corrected chi connectivity index (χ3v) is 3.04. The van der Waals surface area contributed by atoms with Crippen molar-refractivity contribution in [1.29, 1.82) is 0 Å². The van der Waals surface area contributed by atoms with Crippen LogP contribution in [-0.2, 0) is 6.61 Å². The van der Waals surface area contributed by atoms with Gasteiger partial charge in [0.2, 0.25) is 0 Å². The van der Waals surface area contributed by atoms with Crippen LogP contribution in [0.4, 0.5) is 0 Å². The lowest BCUT2D eigenvalue weighted by molar-refractivity contribution is 0.199. The maximum absolute atomic E-state index is 9.45. The Kier molecular flexibility index (Phi) is 4.30. The Morgan fingerprint density at radius 3 is 2.63 bits per heavy atom. The highest BCUT2D eigenvalue weighted by Gasteiger charge is 2.07. The standard InChI is InChI=1S/C15H15ClO3/c1-10(17)12-5-6-15(14(16)8-12)19-9-11-3-2-4-13(18)7-11/h2-8,10,17-18H,9H2,1H3. The molecule has 2 N–H and O–H groups in total. The second-order valence-corrected chi connectivity index (χ2v) is 4.73. The van der Waals surface area contributed by atoms with Crippen LogP contribution in [0.2, 0.25) is 5.02 Å². The zero-order chi connectivity index (χ0) is 13.8. The Labute approximate surface area is 117 Å². The smallest absolute Gasteiger partial charge is 0.138 e. The topological polar surface area (TPSA) is 49.7 Å². The molecule has 100 valence electrons. The maximum atomic E-state index is 9.45. The van der Waals surface area contributed by atoms with E-state index in [1.54, 1.807) is 43.3 Å². The molecule has 0 saturated carbocycles. The van der Waals surface area contributed by atoms with Gasteiger partial charge in [-0.2, -0.15) is 0 Å². The molecule has 4 heteroatoms. The van der Waals surface area contributed by atoms with E-state index in [1.807, 2.05) is 6.07 Å². The molecule has 0 aliphatic rings. The highest BCUT2D eigenvalue weighted by Crippen LogP contribution is 2.28. The van der Waals surface area contributed by atoms with Gasteiger partial charge in [0.25, 0.3) is 0 Å². The second-order valence-electron chi connectivity index (χ2n) is 4.32. The van der Waals surface area contributed by atoms with E-state index in [4.69, 9.17) is 16.3 Å². The normalized spacial score (nSPS) is 12.2. The molecule has 0 spiro atoms. The van der Waals surface area contributed by atoms with E-state index in [9.17, 15) is 10.2 Å². The minimum atomic E-state index is -0.558. The quantitative estimate of drug-likeness (QED) is 0.897. The zero-order valence-electron chi connectivity index (χ0n) is 10.5. The van der Waals surface area contributed by atoms with Crippen molar-refractivity contribution in [2.24, 2.45) is 0 Å². The molecule has 3 nitrogen and oxygen atoms in total. The lowest BCUT2D eigenvalue weighted by Gasteiger charge is -2.11. The van der Waals surface area contributed by atoms with Crippen molar-refractivity contribution in [1.82, 2.24) is 0 Å². The summed E-state index contributed by atoms with van der Waals surface area (Å²) < 4.78 is 5.59. The van der Waals surface area contributed by atoms with Gasteiger partial charge in [-0.05, 0) is 42.3 Å². The zero-order valence-corrected chi connectivity index (χ0v) is 11.3. The Morgan fingerprint density at radius 2 is 2.00 bits per heavy atom. The van der Waals surface area contributed by atoms with Gasteiger partial charge in [0.15, 0.2) is 0 Å². The number of aromatic hydroxyl groups is 1. The molecule has 1 atom stereocenters. The molecule has 0 heterocycles. The van der Waals surface area contributed by atoms with E-state index in [-0.39, 0.29) is 5.75 Å². The molecule has 0 radical (unpaired) electrons. The summed E-state index contributed by atoms with van der Waals surface area (Å²) in [5.74, 6) is 0.756. The fourth-order valence-electron chi connectivity index (χ4n) is 1.70. The first-order chi connectivity index (χ1) is 9.06. The van der Waals surface area contributed by atoms with Crippen LogP contribution in [0.3, 0.4) is 0 Å². The number of halogens is 1. The van der Waals surface area contributed by atoms with Gasteiger partial charge in [-0.15, -0.1) is 0 Å². The van der Waals surface area contributed by atoms with Gasteiger partial charge in [-0.1, -0.05) is 29.8 Å². The molecule has 0 aliphatic heterocycles. The van der Waals surface area contributed by atoms with E-state index < -0.39 is 6.10 Å². The molecule has 0 bridgehead atoms. The van der Waals surface area contributed by atoms with Crippen LogP contribution in [0, 0.1) is 0 Å². The van der Waals surface area contributed by atoms with E-state index in [0.717, 1.165) is 11.1 Å². The van der Waals surface area contributed by atoms with Crippen molar-refractivity contribution in [3.63, 3.8) is 0 Å². The molecule has 2 rings (SSSR count). The van der Waals surface area contributed by atoms with Gasteiger partial charge in [-0.3, -0.25) is 0 Å². The van der Waals surface area contributed by atoms with Crippen LogP contribution in [0.15, 0.2) is 42.5 Å². The molecule has 0 aromatic heterocycles. The van der Waals surface area contributed by atoms with Gasteiger partial charge in [0.1, 0.15) is 18.1 Å². The summed E-state index contributed by atoms with van der Waals surface area (Å²) in [6.45, 7) is 2.00. The highest BCUT2D eigenvalue weighted by atomic mass is 35.5. The van der Waals surface area contributed by atoms with E-state index in [0.29, 0.717) is 17.4 Å². The van der Waals surface area contributed by atoms with Crippen LogP contribution >= 0.6 is 11.6 Å². The largest absolute Gasteiger partial charge is 0.508 e. The number of hydrogen-bond acceptors (Lipinski definition) is 3. The monoisotopic (exact) mass is 278 g/mol. The van der Waals surface area contributed by atoms with Crippen LogP contribution in [0.1, 0.15) is 24.2 Å². The number of benzene rings is 2. The molecule has 0 amide bonds. The SMILES string of the molecule is CC(O)c1ccc(OCc2cccc(O)c2)c(Cl)c1. The van der Waals surface area contributed by atoms with Crippen LogP contribution in [-0.4, -0.2) is 10.2 Å². The number of aliphatic hydroxyl groups excluding tert-OH is 1. The molecule has 0 saturated heterocycles. The third-order valence-electron chi connectivity index (χ3n) is 2.74. The van der Waals surface area contributed by atoms with Gasteiger partial charge < -0.3 is 14.9 Å². The first kappa shape index (κ1) is 13.7. The van der Waals surface area contributed by atoms with Crippen LogP contribution in [0.25, 0.3) is 0 Å². The number of phenols is 1. The summed E-state index contributed by atoms with van der Waals surface area (Å²) >= 11 is 6.09. The van der Waals surface area contributed by atoms with Crippen molar-refractivity contribution in [2.45, 2.75) is 19.6 Å². The lowest BCUT2D eigenvalue weighted by Crippen LogP contribution is -1.97. The van der Waals surface area contributed by atoms with Crippen LogP contribution in [0.5, 0.6) is 11.5 Å². The Morgan fingerprint density at radius 1 is 1.21 bits per heavy atom. The fraction of sp³-hybridized carbons (Fsp3) is 0.200. The molecular formula is C15H15ClO3. The Hall–Kier alpha value is -1.71. The van der Waals surface area contributed by atoms with E-state index in [2.05, 4.69) is 0 Å². The van der Waals surface area contributed by atoms with E-state index >= 15 is 0 Å². The number of hydrogen-bond donors (Lipinski definition) is 2. The first-order valence-corrected chi connectivity index (χ1v) is 6.32. The number of phenolic OH excluding ortho intramolecular Hbond substituents is 1. The summed E-state index contributed by atoms with van der Waals surface area (Å²) in [5.41, 5.74) is 1.60. The van der Waals surface area contributed by atoms with Crippen molar-refractivity contribution < 1.29 is 14.9 Å². The summed E-state index contributed by atoms with van der Waals surface area (Å²) in [5, 5.41) is 19.3. The average molecular weight is 279 g/mol. The first-order valence-electron chi connectivity index (χ1n) is 5.94. The predicted molar refractivity (Wildman–Crippen MR) is 74.5 cm³/mol. The number of ether oxygens (including phenoxy) is 1. The van der Waals surface area contributed by atoms with Crippen LogP contribution < -0.4 is 4.74 Å². The third kappa shape index (κ3) is 3.63. The van der Waals surface area contributed by atoms with Crippen molar-refractivity contribution >= 4 is 11.6 Å². The summed E-state index contributed by atoms with van der Waals surface area (Å²) in [6, 6.07) is 12.0. The maximum Gasteiger partial charge on any atom is 0.138 e. The Bertz CT molecular complexity index is 567. The lowest BCUT2D eigenvalue weighted by atomic mass is 10.1. The molecule has 1 unspecified atom stereocenters. The summed E-state index contributed by atoms with van der Waals surface area (Å²) in [4.78, 5) is 0. The fourth-order valence-corrected chi connectivity index (χ4v) is 1.94. The van der Waals surface area contributed by atoms with Gasteiger partial charge in [0.05, 0.1) is 11.1 Å². The molecule has 0 fully saturated rings. The van der Waals surface area contributed by atoms with Crippen molar-refractivity contribution in [2.75, 3.05) is 0 Å². The molecular weight excluding hydrogens is 264 g/mol. The minimum Gasteiger partial charge on any atom is -0.508 e. The average Bonchev–Trinajstić information content (AvgIpc) is 2.37. The second kappa shape index (κ2) is 5.95. The number of aliphatic hydroxyl groups is 1. The highest BCUT2D eigenvalue weighted by molar-refractivity contribution is 6.32. The molecule has 19 heavy (non-hydrogen) atoms. The number of rotatable bonds is 4. The van der Waals surface area contributed by atoms with Gasteiger partial charge in [-0.25, -0.2) is 0 Å². The van der Waals surface area contributed by atoms with E-state index in [1.165, 1.54) is 0 Å². The molecule has 2 aromatic rings. The molecule has 0 aliphatic carbocycles. The summed E-state index contributed by atoms with van der Waals surface area (Å²) in [6.07, 6.45) is -0.558. The predicted octanol–water partition coefficient (Wildman–Crippen LogP) is 3.68. The van der Waals surface area contributed by atoms with Gasteiger partial charge in [0, 0.05) is 0 Å². The Balaban J connectivity index is 2.07. The van der Waals surface area contributed by atoms with Gasteiger partial charge >= 0.3 is 0 Å². The van der Waals surface area contributed by atoms with Crippen molar-refractivity contribution in [3.8, 4) is 11.5 Å². The van der Waals surface area contributed by atoms with Crippen molar-refractivity contribution in [3.05, 3.63) is 58.6 Å².